The molecule has 6 heteroatoms. The summed E-state index contributed by atoms with van der Waals surface area (Å²) in [6, 6.07) is 22.1. The predicted octanol–water partition coefficient (Wildman–Crippen LogP) is 4.47. The average Bonchev–Trinajstić information content (AvgIpc) is 3.13. The Labute approximate surface area is 159 Å². The van der Waals surface area contributed by atoms with Crippen molar-refractivity contribution in [2.45, 2.75) is 5.92 Å². The predicted molar refractivity (Wildman–Crippen MR) is 102 cm³/mol. The Kier molecular flexibility index (Phi) is 5.62. The third-order valence-corrected chi connectivity index (χ3v) is 4.17. The number of nitrogens with one attached hydrogen (secondary N) is 1. The SMILES string of the molecule is N#C[C@@H](C(=O)N/N=C\c1ccc(-c2ccc(Br)cc2)o1)c1ccccc1. The Morgan fingerprint density at radius 2 is 1.85 bits per heavy atom. The summed E-state index contributed by atoms with van der Waals surface area (Å²) in [5.41, 5.74) is 3.94. The van der Waals surface area contributed by atoms with Crippen LogP contribution in [0.1, 0.15) is 17.2 Å². The highest BCUT2D eigenvalue weighted by Crippen LogP contribution is 2.23. The van der Waals surface area contributed by atoms with Crippen molar-refractivity contribution >= 4 is 28.1 Å². The van der Waals surface area contributed by atoms with E-state index in [9.17, 15) is 10.1 Å². The van der Waals surface area contributed by atoms with Gasteiger partial charge in [-0.2, -0.15) is 10.4 Å². The number of hydrogen-bond acceptors (Lipinski definition) is 4. The minimum absolute atomic E-state index is 0.491. The summed E-state index contributed by atoms with van der Waals surface area (Å²) in [6.07, 6.45) is 1.40. The Morgan fingerprint density at radius 1 is 1.12 bits per heavy atom. The number of nitriles is 1. The molecular formula is C20H14BrN3O2. The van der Waals surface area contributed by atoms with Crippen LogP contribution in [0.25, 0.3) is 11.3 Å². The molecule has 128 valence electrons. The molecular weight excluding hydrogens is 394 g/mol. The van der Waals surface area contributed by atoms with E-state index in [1.807, 2.05) is 42.5 Å². The molecule has 3 rings (SSSR count). The molecule has 0 aliphatic rings. The highest BCUT2D eigenvalue weighted by atomic mass is 79.9. The van der Waals surface area contributed by atoms with E-state index >= 15 is 0 Å². The smallest absolute Gasteiger partial charge is 0.261 e. The van der Waals surface area contributed by atoms with Crippen LogP contribution in [0.2, 0.25) is 0 Å². The van der Waals surface area contributed by atoms with Crippen LogP contribution < -0.4 is 5.43 Å². The van der Waals surface area contributed by atoms with Gasteiger partial charge in [0.1, 0.15) is 11.5 Å². The van der Waals surface area contributed by atoms with Crippen molar-refractivity contribution in [1.29, 1.82) is 5.26 Å². The van der Waals surface area contributed by atoms with Gasteiger partial charge in [0.25, 0.3) is 5.91 Å². The standard InChI is InChI=1S/C20H14BrN3O2/c21-16-8-6-15(7-9-16)19-11-10-17(26-19)13-23-24-20(25)18(12-22)14-4-2-1-3-5-14/h1-11,13,18H,(H,24,25)/b23-13-/t18-/m1/s1. The molecule has 0 saturated heterocycles. The van der Waals surface area contributed by atoms with Crippen molar-refractivity contribution in [3.8, 4) is 17.4 Å². The summed E-state index contributed by atoms with van der Waals surface area (Å²) in [4.78, 5) is 12.1. The van der Waals surface area contributed by atoms with Crippen LogP contribution in [0.5, 0.6) is 0 Å². The van der Waals surface area contributed by atoms with Gasteiger partial charge in [0.15, 0.2) is 5.92 Å². The monoisotopic (exact) mass is 407 g/mol. The van der Waals surface area contributed by atoms with Gasteiger partial charge in [-0.25, -0.2) is 5.43 Å². The second-order valence-corrected chi connectivity index (χ2v) is 6.33. The first kappa shape index (κ1) is 17.6. The number of nitrogens with zero attached hydrogens (tertiary/aromatic N) is 2. The molecule has 3 aromatic rings. The second kappa shape index (κ2) is 8.28. The van der Waals surface area contributed by atoms with Crippen LogP contribution in [0, 0.1) is 11.3 Å². The molecule has 1 amide bonds. The fourth-order valence-corrected chi connectivity index (χ4v) is 2.61. The molecule has 26 heavy (non-hydrogen) atoms. The molecule has 2 aromatic carbocycles. The Hall–Kier alpha value is -3.17. The minimum atomic E-state index is -0.914. The third kappa shape index (κ3) is 4.26. The third-order valence-electron chi connectivity index (χ3n) is 3.65. The van der Waals surface area contributed by atoms with Crippen molar-refractivity contribution < 1.29 is 9.21 Å². The van der Waals surface area contributed by atoms with Gasteiger partial charge in [-0.1, -0.05) is 58.4 Å². The van der Waals surface area contributed by atoms with Gasteiger partial charge in [-0.15, -0.1) is 0 Å². The van der Waals surface area contributed by atoms with Gasteiger partial charge in [-0.3, -0.25) is 4.79 Å². The van der Waals surface area contributed by atoms with Gasteiger partial charge in [0.2, 0.25) is 0 Å². The van der Waals surface area contributed by atoms with Crippen molar-refractivity contribution in [1.82, 2.24) is 5.43 Å². The van der Waals surface area contributed by atoms with Gasteiger partial charge in [0, 0.05) is 10.0 Å². The molecule has 1 aromatic heterocycles. The van der Waals surface area contributed by atoms with E-state index in [0.717, 1.165) is 10.0 Å². The summed E-state index contributed by atoms with van der Waals surface area (Å²) in [5, 5.41) is 13.1. The quantitative estimate of drug-likeness (QED) is 0.500. The number of rotatable bonds is 5. The van der Waals surface area contributed by atoms with Gasteiger partial charge >= 0.3 is 0 Å². The van der Waals surface area contributed by atoms with Gasteiger partial charge in [-0.05, 0) is 29.8 Å². The maximum Gasteiger partial charge on any atom is 0.261 e. The summed E-state index contributed by atoms with van der Waals surface area (Å²) in [5.74, 6) is -0.209. The number of carbonyl (C=O) groups excluding carboxylic acids is 1. The zero-order valence-corrected chi connectivity index (χ0v) is 15.2. The Morgan fingerprint density at radius 3 is 2.54 bits per heavy atom. The first-order valence-corrected chi connectivity index (χ1v) is 8.60. The van der Waals surface area contributed by atoms with E-state index in [0.29, 0.717) is 17.1 Å². The van der Waals surface area contributed by atoms with Gasteiger partial charge in [0.05, 0.1) is 12.3 Å². The van der Waals surface area contributed by atoms with Crippen LogP contribution in [0.3, 0.4) is 0 Å². The maximum absolute atomic E-state index is 12.1. The number of furan rings is 1. The van der Waals surface area contributed by atoms with Crippen LogP contribution in [-0.4, -0.2) is 12.1 Å². The number of halogens is 1. The fourth-order valence-electron chi connectivity index (χ4n) is 2.35. The van der Waals surface area contributed by atoms with E-state index in [1.165, 1.54) is 6.21 Å². The maximum atomic E-state index is 12.1. The normalized spacial score (nSPS) is 11.8. The number of carbonyl (C=O) groups is 1. The van der Waals surface area contributed by atoms with Crippen molar-refractivity contribution in [3.05, 3.63) is 82.5 Å². The lowest BCUT2D eigenvalue weighted by atomic mass is 10.0. The first-order chi connectivity index (χ1) is 12.7. The van der Waals surface area contributed by atoms with Crippen LogP contribution in [-0.2, 0) is 4.79 Å². The van der Waals surface area contributed by atoms with E-state index < -0.39 is 11.8 Å². The Bertz CT molecular complexity index is 957. The summed E-state index contributed by atoms with van der Waals surface area (Å²) >= 11 is 3.39. The molecule has 0 saturated carbocycles. The number of amides is 1. The van der Waals surface area contributed by atoms with E-state index in [-0.39, 0.29) is 0 Å². The molecule has 5 nitrogen and oxygen atoms in total. The molecule has 0 aliphatic carbocycles. The Balaban J connectivity index is 1.64. The molecule has 0 spiro atoms. The lowest BCUT2D eigenvalue weighted by Gasteiger charge is -2.06. The van der Waals surface area contributed by atoms with E-state index in [4.69, 9.17) is 4.42 Å². The lowest BCUT2D eigenvalue weighted by molar-refractivity contribution is -0.121. The average molecular weight is 408 g/mol. The molecule has 0 bridgehead atoms. The molecule has 1 atom stereocenters. The largest absolute Gasteiger partial charge is 0.455 e. The topological polar surface area (TPSA) is 78.4 Å². The number of hydrazone groups is 1. The van der Waals surface area contributed by atoms with Crippen molar-refractivity contribution in [3.63, 3.8) is 0 Å². The lowest BCUT2D eigenvalue weighted by Crippen LogP contribution is -2.24. The molecule has 0 fully saturated rings. The highest BCUT2D eigenvalue weighted by molar-refractivity contribution is 9.10. The zero-order chi connectivity index (χ0) is 18.4. The molecule has 1 N–H and O–H groups in total. The molecule has 0 aliphatic heterocycles. The zero-order valence-electron chi connectivity index (χ0n) is 13.6. The van der Waals surface area contributed by atoms with Crippen LogP contribution in [0.15, 0.2) is 80.7 Å². The summed E-state index contributed by atoms with van der Waals surface area (Å²) < 4.78 is 6.67. The van der Waals surface area contributed by atoms with E-state index in [2.05, 4.69) is 26.5 Å². The van der Waals surface area contributed by atoms with E-state index in [1.54, 1.807) is 30.3 Å². The summed E-state index contributed by atoms with van der Waals surface area (Å²) in [6.45, 7) is 0. The second-order valence-electron chi connectivity index (χ2n) is 5.42. The van der Waals surface area contributed by atoms with Crippen molar-refractivity contribution in [2.24, 2.45) is 5.10 Å². The number of benzene rings is 2. The molecule has 0 unspecified atom stereocenters. The summed E-state index contributed by atoms with van der Waals surface area (Å²) in [7, 11) is 0. The van der Waals surface area contributed by atoms with Crippen LogP contribution >= 0.6 is 15.9 Å². The fraction of sp³-hybridized carbons (Fsp3) is 0.0500. The number of hydrogen-bond donors (Lipinski definition) is 1. The highest BCUT2D eigenvalue weighted by Gasteiger charge is 2.19. The first-order valence-electron chi connectivity index (χ1n) is 7.80. The van der Waals surface area contributed by atoms with Crippen LogP contribution in [0.4, 0.5) is 0 Å². The minimum Gasteiger partial charge on any atom is -0.455 e. The molecule has 0 radical (unpaired) electrons. The van der Waals surface area contributed by atoms with Crippen molar-refractivity contribution in [2.75, 3.05) is 0 Å². The van der Waals surface area contributed by atoms with Gasteiger partial charge < -0.3 is 4.42 Å². The molecule has 1 heterocycles.